The summed E-state index contributed by atoms with van der Waals surface area (Å²) in [4.78, 5) is 30.0. The number of carbonyl (C=O) groups is 2. The molecule has 0 aliphatic rings. The van der Waals surface area contributed by atoms with E-state index in [9.17, 15) is 18.0 Å². The maximum absolute atomic E-state index is 14.6. The number of amides is 2. The molecule has 1 atom stereocenters. The summed E-state index contributed by atoms with van der Waals surface area (Å²) >= 11 is 6.33. The number of hydrogen-bond acceptors (Lipinski definition) is 5. The van der Waals surface area contributed by atoms with Gasteiger partial charge in [-0.25, -0.2) is 8.42 Å². The molecule has 0 saturated heterocycles. The van der Waals surface area contributed by atoms with E-state index in [4.69, 9.17) is 16.3 Å². The minimum Gasteiger partial charge on any atom is -0.457 e. The zero-order valence-corrected chi connectivity index (χ0v) is 29.6. The average Bonchev–Trinajstić information content (AvgIpc) is 3.12. The molecule has 0 heterocycles. The predicted octanol–water partition coefficient (Wildman–Crippen LogP) is 7.80. The van der Waals surface area contributed by atoms with E-state index in [2.05, 4.69) is 5.32 Å². The molecule has 5 aromatic carbocycles. The van der Waals surface area contributed by atoms with Gasteiger partial charge in [0.2, 0.25) is 11.8 Å². The summed E-state index contributed by atoms with van der Waals surface area (Å²) in [6, 6.07) is 37.8. The Labute approximate surface area is 299 Å². The van der Waals surface area contributed by atoms with Crippen molar-refractivity contribution >= 4 is 39.1 Å². The Morgan fingerprint density at radius 3 is 2.04 bits per heavy atom. The summed E-state index contributed by atoms with van der Waals surface area (Å²) in [5.41, 5.74) is 2.70. The third kappa shape index (κ3) is 9.52. The van der Waals surface area contributed by atoms with Gasteiger partial charge in [0.15, 0.2) is 0 Å². The maximum Gasteiger partial charge on any atom is 0.264 e. The highest BCUT2D eigenvalue weighted by molar-refractivity contribution is 7.92. The average molecular weight is 710 g/mol. The summed E-state index contributed by atoms with van der Waals surface area (Å²) < 4.78 is 35.7. The first-order valence-electron chi connectivity index (χ1n) is 16.4. The van der Waals surface area contributed by atoms with E-state index >= 15 is 0 Å². The second kappa shape index (κ2) is 17.0. The molecule has 0 fully saturated rings. The number of para-hydroxylation sites is 1. The van der Waals surface area contributed by atoms with E-state index < -0.39 is 28.5 Å². The summed E-state index contributed by atoms with van der Waals surface area (Å²) in [6.07, 6.45) is 0.928. The van der Waals surface area contributed by atoms with Crippen LogP contribution >= 0.6 is 11.6 Å². The largest absolute Gasteiger partial charge is 0.457 e. The number of ether oxygens (including phenoxy) is 1. The lowest BCUT2D eigenvalue weighted by Crippen LogP contribution is -2.53. The van der Waals surface area contributed by atoms with E-state index in [1.807, 2.05) is 80.6 Å². The van der Waals surface area contributed by atoms with Gasteiger partial charge in [0.25, 0.3) is 10.0 Å². The summed E-state index contributed by atoms with van der Waals surface area (Å²) in [6.45, 7) is 3.70. The number of nitrogens with zero attached hydrogens (tertiary/aromatic N) is 2. The van der Waals surface area contributed by atoms with Crippen molar-refractivity contribution in [2.24, 2.45) is 0 Å². The molecule has 0 unspecified atom stereocenters. The van der Waals surface area contributed by atoms with Gasteiger partial charge >= 0.3 is 0 Å². The Morgan fingerprint density at radius 1 is 0.780 bits per heavy atom. The molecule has 0 bridgehead atoms. The lowest BCUT2D eigenvalue weighted by Gasteiger charge is -2.34. The van der Waals surface area contributed by atoms with Crippen LogP contribution in [0.25, 0.3) is 0 Å². The van der Waals surface area contributed by atoms with Gasteiger partial charge in [0.1, 0.15) is 24.1 Å². The second-order valence-corrected chi connectivity index (χ2v) is 14.2. The van der Waals surface area contributed by atoms with Crippen molar-refractivity contribution in [1.29, 1.82) is 0 Å². The van der Waals surface area contributed by atoms with E-state index in [0.717, 1.165) is 15.4 Å². The van der Waals surface area contributed by atoms with Crippen LogP contribution in [0.15, 0.2) is 138 Å². The van der Waals surface area contributed by atoms with Crippen molar-refractivity contribution in [3.8, 4) is 11.5 Å². The Kier molecular flexibility index (Phi) is 12.3. The van der Waals surface area contributed by atoms with Gasteiger partial charge < -0.3 is 15.0 Å². The number of rotatable bonds is 15. The number of anilines is 1. The van der Waals surface area contributed by atoms with Gasteiger partial charge in [0.05, 0.1) is 10.6 Å². The smallest absolute Gasteiger partial charge is 0.264 e. The fraction of sp³-hybridized carbons (Fsp3) is 0.200. The molecule has 50 heavy (non-hydrogen) atoms. The van der Waals surface area contributed by atoms with E-state index in [1.165, 1.54) is 17.0 Å². The lowest BCUT2D eigenvalue weighted by atomic mass is 10.0. The molecule has 0 spiro atoms. The van der Waals surface area contributed by atoms with E-state index in [-0.39, 0.29) is 29.5 Å². The quantitative estimate of drug-likeness (QED) is 0.120. The minimum absolute atomic E-state index is 0.0265. The molecule has 0 aliphatic heterocycles. The highest BCUT2D eigenvalue weighted by atomic mass is 35.5. The van der Waals surface area contributed by atoms with E-state index in [1.54, 1.807) is 54.6 Å². The van der Waals surface area contributed by atoms with Gasteiger partial charge in [-0.05, 0) is 85.1 Å². The minimum atomic E-state index is -4.25. The molecule has 0 aliphatic carbocycles. The summed E-state index contributed by atoms with van der Waals surface area (Å²) in [5, 5.41) is 3.43. The van der Waals surface area contributed by atoms with Gasteiger partial charge in [-0.1, -0.05) is 96.9 Å². The monoisotopic (exact) mass is 709 g/mol. The van der Waals surface area contributed by atoms with Crippen LogP contribution < -0.4 is 14.4 Å². The molecular weight excluding hydrogens is 670 g/mol. The third-order valence-electron chi connectivity index (χ3n) is 8.05. The van der Waals surface area contributed by atoms with Crippen LogP contribution in [0.2, 0.25) is 5.02 Å². The number of sulfonamides is 1. The highest BCUT2D eigenvalue weighted by Gasteiger charge is 2.34. The zero-order valence-electron chi connectivity index (χ0n) is 28.0. The molecule has 5 aromatic rings. The standard InChI is InChI=1S/C40H40ClN3O5S/c1-3-25-42-40(46)38(27-31-11-6-4-7-12-31)43(28-32-13-10-14-33(41)26-32)39(45)29-44(50(47,48)37-23-17-30(2)18-24-37)34-19-21-36(22-20-34)49-35-15-8-5-9-16-35/h4-24,26,38H,3,25,27-29H2,1-2H3,(H,42,46)/t38-/m1/s1. The lowest BCUT2D eigenvalue weighted by molar-refractivity contribution is -0.140. The first kappa shape index (κ1) is 36.2. The first-order valence-corrected chi connectivity index (χ1v) is 18.2. The zero-order chi connectivity index (χ0) is 35.5. The Hall–Kier alpha value is -5.12. The highest BCUT2D eigenvalue weighted by Crippen LogP contribution is 2.29. The fourth-order valence-corrected chi connectivity index (χ4v) is 7.05. The van der Waals surface area contributed by atoms with Crippen molar-refractivity contribution in [3.05, 3.63) is 155 Å². The predicted molar refractivity (Wildman–Crippen MR) is 198 cm³/mol. The SMILES string of the molecule is CCCNC(=O)[C@@H](Cc1ccccc1)N(Cc1cccc(Cl)c1)C(=O)CN(c1ccc(Oc2ccccc2)cc1)S(=O)(=O)c1ccc(C)cc1. The number of carbonyl (C=O) groups excluding carboxylic acids is 2. The van der Waals surface area contributed by atoms with Crippen LogP contribution in [0.3, 0.4) is 0 Å². The van der Waals surface area contributed by atoms with Crippen LogP contribution in [0, 0.1) is 6.92 Å². The Morgan fingerprint density at radius 2 is 1.40 bits per heavy atom. The molecule has 0 aromatic heterocycles. The van der Waals surface area contributed by atoms with Crippen molar-refractivity contribution in [2.45, 2.75) is 44.2 Å². The molecule has 8 nitrogen and oxygen atoms in total. The molecule has 5 rings (SSSR count). The summed E-state index contributed by atoms with van der Waals surface area (Å²) in [7, 11) is -4.25. The van der Waals surface area contributed by atoms with Crippen LogP contribution in [-0.2, 0) is 32.6 Å². The van der Waals surface area contributed by atoms with Crippen LogP contribution in [0.1, 0.15) is 30.0 Å². The number of hydrogen-bond donors (Lipinski definition) is 1. The second-order valence-electron chi connectivity index (χ2n) is 11.9. The van der Waals surface area contributed by atoms with Gasteiger partial charge in [-0.2, -0.15) is 0 Å². The van der Waals surface area contributed by atoms with Crippen LogP contribution in [0.5, 0.6) is 11.5 Å². The number of halogens is 1. The maximum atomic E-state index is 14.6. The van der Waals surface area contributed by atoms with Crippen molar-refractivity contribution < 1.29 is 22.7 Å². The molecule has 1 N–H and O–H groups in total. The molecule has 258 valence electrons. The number of benzene rings is 5. The molecule has 10 heteroatoms. The van der Waals surface area contributed by atoms with Gasteiger partial charge in [0, 0.05) is 24.5 Å². The molecular formula is C40H40ClN3O5S. The van der Waals surface area contributed by atoms with Crippen LogP contribution in [0.4, 0.5) is 5.69 Å². The Balaban J connectivity index is 1.55. The summed E-state index contributed by atoms with van der Waals surface area (Å²) in [5.74, 6) is 0.235. The fourth-order valence-electron chi connectivity index (χ4n) is 5.42. The molecule has 0 saturated carbocycles. The molecule has 2 amide bonds. The van der Waals surface area contributed by atoms with Gasteiger partial charge in [-0.15, -0.1) is 0 Å². The third-order valence-corrected chi connectivity index (χ3v) is 10.1. The topological polar surface area (TPSA) is 96.0 Å². The molecule has 0 radical (unpaired) electrons. The van der Waals surface area contributed by atoms with Crippen molar-refractivity contribution in [1.82, 2.24) is 10.2 Å². The first-order chi connectivity index (χ1) is 24.1. The normalized spacial score (nSPS) is 11.7. The van der Waals surface area contributed by atoms with Crippen molar-refractivity contribution in [3.63, 3.8) is 0 Å². The van der Waals surface area contributed by atoms with E-state index in [0.29, 0.717) is 35.1 Å². The van der Waals surface area contributed by atoms with Crippen molar-refractivity contribution in [2.75, 3.05) is 17.4 Å². The van der Waals surface area contributed by atoms with Gasteiger partial charge in [-0.3, -0.25) is 13.9 Å². The Bertz CT molecular complexity index is 1970. The number of nitrogens with one attached hydrogen (secondary N) is 1. The van der Waals surface area contributed by atoms with Crippen LogP contribution in [-0.4, -0.2) is 44.3 Å². The number of aryl methyl sites for hydroxylation is 1.